The van der Waals surface area contributed by atoms with Crippen LogP contribution in [0.2, 0.25) is 0 Å². The maximum Gasteiger partial charge on any atom is 0.329 e. The van der Waals surface area contributed by atoms with Crippen molar-refractivity contribution in [3.63, 3.8) is 0 Å². The Labute approximate surface area is 321 Å². The molecular formula is C42H63NO11. The number of aliphatic hydroxyl groups excluding tert-OH is 1. The molecule has 2 N–H and O–H groups in total. The number of rotatable bonds is 2. The van der Waals surface area contributed by atoms with Crippen LogP contribution in [0, 0.1) is 23.7 Å². The summed E-state index contributed by atoms with van der Waals surface area (Å²) < 4.78 is 22.9. The maximum absolute atomic E-state index is 13.8. The number of amides is 1. The van der Waals surface area contributed by atoms with Crippen LogP contribution in [0.1, 0.15) is 99.8 Å². The van der Waals surface area contributed by atoms with Crippen molar-refractivity contribution < 1.29 is 53.1 Å². The molecule has 11 atom stereocenters. The third-order valence-corrected chi connectivity index (χ3v) is 11.1. The molecule has 0 aromatic carbocycles. The van der Waals surface area contributed by atoms with Crippen LogP contribution < -0.4 is 0 Å². The highest BCUT2D eigenvalue weighted by atomic mass is 16.6. The zero-order valence-corrected chi connectivity index (χ0v) is 33.6. The summed E-state index contributed by atoms with van der Waals surface area (Å²) in [6.07, 6.45) is 10.1. The van der Waals surface area contributed by atoms with Crippen LogP contribution >= 0.6 is 0 Å². The molecule has 12 heteroatoms. The van der Waals surface area contributed by atoms with E-state index in [1.165, 1.54) is 7.11 Å². The SMILES string of the molecule is COC1CC2CCC(C)C(O)(O2)C(=O)C(=O)N2CCCCC2C(=O)OC(C)CC(=O)C(C)/C=C(\C)C(O)C(OC)C(=O)C(C)CC(C)/C=C/C=C/C=C/1C. The fraction of sp³-hybridized carbons (Fsp3) is 0.690. The standard InChI is InChI=1S/C42H63NO11/c1-25-15-11-10-12-16-26(2)35(51-8)24-32-19-18-30(6)42(50,54-32)39(47)40(48)43-20-14-13-17-33(43)41(49)53-31(7)23-34(44)27(3)22-29(5)37(46)38(52-9)36(45)28(4)21-25/h10-12,15-16,22,25,27-28,30-33,35,37-38,46,50H,13-14,17-21,23-24H2,1-9H3/b12-10+,15-11+,26-16+,29-22+. The Morgan fingerprint density at radius 1 is 0.870 bits per heavy atom. The monoisotopic (exact) mass is 757 g/mol. The summed E-state index contributed by atoms with van der Waals surface area (Å²) in [5, 5.41) is 22.8. The first-order valence-corrected chi connectivity index (χ1v) is 19.4. The van der Waals surface area contributed by atoms with E-state index in [1.807, 2.05) is 51.2 Å². The highest BCUT2D eigenvalue weighted by molar-refractivity contribution is 6.39. The summed E-state index contributed by atoms with van der Waals surface area (Å²) in [4.78, 5) is 68.9. The molecule has 54 heavy (non-hydrogen) atoms. The third kappa shape index (κ3) is 11.6. The summed E-state index contributed by atoms with van der Waals surface area (Å²) in [6, 6.07) is -1.07. The number of methoxy groups -OCH3 is 2. The van der Waals surface area contributed by atoms with E-state index in [-0.39, 0.29) is 36.9 Å². The molecule has 0 spiro atoms. The van der Waals surface area contributed by atoms with E-state index in [1.54, 1.807) is 40.9 Å². The lowest BCUT2D eigenvalue weighted by Gasteiger charge is -2.42. The van der Waals surface area contributed by atoms with Gasteiger partial charge in [0.1, 0.15) is 30.1 Å². The van der Waals surface area contributed by atoms with Crippen molar-refractivity contribution in [2.45, 2.75) is 142 Å². The molecule has 3 aliphatic heterocycles. The molecule has 0 aromatic heterocycles. The van der Waals surface area contributed by atoms with Gasteiger partial charge in [-0.3, -0.25) is 19.2 Å². The number of allylic oxidation sites excluding steroid dienone is 6. The van der Waals surface area contributed by atoms with E-state index in [4.69, 9.17) is 18.9 Å². The Balaban J connectivity index is 1.94. The minimum absolute atomic E-state index is 0.0430. The molecule has 2 saturated heterocycles. The topological polar surface area (TPSA) is 166 Å². The predicted octanol–water partition coefficient (Wildman–Crippen LogP) is 5.00. The van der Waals surface area contributed by atoms with Gasteiger partial charge in [-0.15, -0.1) is 0 Å². The van der Waals surface area contributed by atoms with E-state index in [0.717, 1.165) is 10.5 Å². The highest BCUT2D eigenvalue weighted by Crippen LogP contribution is 2.36. The number of fused-ring (bicyclic) bond motifs is 3. The lowest BCUT2D eigenvalue weighted by Crippen LogP contribution is -2.60. The maximum atomic E-state index is 13.8. The van der Waals surface area contributed by atoms with Crippen LogP contribution in [-0.2, 0) is 42.9 Å². The van der Waals surface area contributed by atoms with Crippen molar-refractivity contribution in [3.8, 4) is 0 Å². The van der Waals surface area contributed by atoms with Gasteiger partial charge in [0.2, 0.25) is 5.79 Å². The lowest BCUT2D eigenvalue weighted by molar-refractivity contribution is -0.265. The molecule has 3 aliphatic rings. The summed E-state index contributed by atoms with van der Waals surface area (Å²) in [5.41, 5.74) is 1.29. The zero-order chi connectivity index (χ0) is 40.3. The van der Waals surface area contributed by atoms with Crippen LogP contribution in [0.3, 0.4) is 0 Å². The molecule has 302 valence electrons. The van der Waals surface area contributed by atoms with E-state index < -0.39 is 77.8 Å². The van der Waals surface area contributed by atoms with Gasteiger partial charge in [0, 0.05) is 51.4 Å². The third-order valence-electron chi connectivity index (χ3n) is 11.1. The van der Waals surface area contributed by atoms with Gasteiger partial charge in [-0.2, -0.15) is 0 Å². The van der Waals surface area contributed by atoms with Crippen molar-refractivity contribution in [1.29, 1.82) is 0 Å². The minimum Gasteiger partial charge on any atom is -0.461 e. The summed E-state index contributed by atoms with van der Waals surface area (Å²) >= 11 is 0. The molecule has 1 amide bonds. The first kappa shape index (κ1) is 45.1. The van der Waals surface area contributed by atoms with Crippen molar-refractivity contribution in [1.82, 2.24) is 4.90 Å². The van der Waals surface area contributed by atoms with Gasteiger partial charge in [0.15, 0.2) is 5.78 Å². The molecule has 2 fully saturated rings. The van der Waals surface area contributed by atoms with Gasteiger partial charge in [-0.05, 0) is 76.4 Å². The van der Waals surface area contributed by atoms with Crippen molar-refractivity contribution in [3.05, 3.63) is 47.6 Å². The van der Waals surface area contributed by atoms with Crippen molar-refractivity contribution >= 4 is 29.2 Å². The van der Waals surface area contributed by atoms with Gasteiger partial charge in [0.25, 0.3) is 11.7 Å². The van der Waals surface area contributed by atoms with Crippen LogP contribution in [0.25, 0.3) is 0 Å². The Hall–Kier alpha value is -3.29. The fourth-order valence-corrected chi connectivity index (χ4v) is 7.59. The van der Waals surface area contributed by atoms with E-state index in [2.05, 4.69) is 0 Å². The predicted molar refractivity (Wildman–Crippen MR) is 203 cm³/mol. The number of esters is 1. The molecule has 0 aromatic rings. The molecule has 0 radical (unpaired) electrons. The number of hydrogen-bond donors (Lipinski definition) is 2. The Kier molecular flexibility index (Phi) is 17.2. The number of piperidine rings is 1. The number of ether oxygens (including phenoxy) is 4. The van der Waals surface area contributed by atoms with E-state index >= 15 is 0 Å². The number of aliphatic hydroxyl groups is 2. The van der Waals surface area contributed by atoms with Gasteiger partial charge in [-0.1, -0.05) is 64.2 Å². The molecule has 3 rings (SSSR count). The normalized spacial score (nSPS) is 39.8. The first-order chi connectivity index (χ1) is 25.4. The molecule has 12 nitrogen and oxygen atoms in total. The van der Waals surface area contributed by atoms with Crippen molar-refractivity contribution in [2.24, 2.45) is 23.7 Å². The largest absolute Gasteiger partial charge is 0.461 e. The second-order valence-electron chi connectivity index (χ2n) is 15.6. The fourth-order valence-electron chi connectivity index (χ4n) is 7.59. The number of carbonyl (C=O) groups excluding carboxylic acids is 5. The van der Waals surface area contributed by atoms with Crippen LogP contribution in [0.4, 0.5) is 0 Å². The quantitative estimate of drug-likeness (QED) is 0.221. The average Bonchev–Trinajstić information content (AvgIpc) is 3.13. The smallest absolute Gasteiger partial charge is 0.329 e. The molecule has 2 bridgehead atoms. The van der Waals surface area contributed by atoms with Gasteiger partial charge in [0.05, 0.1) is 12.2 Å². The lowest BCUT2D eigenvalue weighted by atomic mass is 9.85. The second kappa shape index (κ2) is 20.6. The first-order valence-electron chi connectivity index (χ1n) is 19.4. The van der Waals surface area contributed by atoms with Gasteiger partial charge >= 0.3 is 5.97 Å². The molecule has 3 heterocycles. The molecule has 0 saturated carbocycles. The van der Waals surface area contributed by atoms with Gasteiger partial charge in [-0.25, -0.2) is 4.79 Å². The minimum atomic E-state index is -2.38. The Morgan fingerprint density at radius 2 is 1.57 bits per heavy atom. The summed E-state index contributed by atoms with van der Waals surface area (Å²) in [6.45, 7) is 12.4. The van der Waals surface area contributed by atoms with Gasteiger partial charge < -0.3 is 34.1 Å². The van der Waals surface area contributed by atoms with Crippen LogP contribution in [0.5, 0.6) is 0 Å². The zero-order valence-electron chi connectivity index (χ0n) is 33.6. The van der Waals surface area contributed by atoms with E-state index in [0.29, 0.717) is 44.1 Å². The second-order valence-corrected chi connectivity index (χ2v) is 15.6. The molecular weight excluding hydrogens is 694 g/mol. The number of cyclic esters (lactones) is 1. The number of nitrogens with zero attached hydrogens (tertiary/aromatic N) is 1. The average molecular weight is 758 g/mol. The Morgan fingerprint density at radius 3 is 2.24 bits per heavy atom. The summed E-state index contributed by atoms with van der Waals surface area (Å²) in [7, 11) is 2.95. The molecule has 0 aliphatic carbocycles. The number of ketones is 3. The highest BCUT2D eigenvalue weighted by Gasteiger charge is 2.53. The van der Waals surface area contributed by atoms with Crippen LogP contribution in [-0.4, -0.2) is 107 Å². The number of Topliss-reactive ketones (excluding diaryl/α,β-unsaturated/α-hetero) is 3. The van der Waals surface area contributed by atoms with E-state index in [9.17, 15) is 34.2 Å². The Bertz CT molecular complexity index is 1470. The number of carbonyl (C=O) groups is 5. The van der Waals surface area contributed by atoms with Crippen LogP contribution in [0.15, 0.2) is 47.6 Å². The molecule has 11 unspecified atom stereocenters. The summed E-state index contributed by atoms with van der Waals surface area (Å²) in [5.74, 6) is -7.48. The number of hydrogen-bond acceptors (Lipinski definition) is 11. The van der Waals surface area contributed by atoms with Crippen molar-refractivity contribution in [2.75, 3.05) is 20.8 Å².